The molecule has 6 nitrogen and oxygen atoms in total. The lowest BCUT2D eigenvalue weighted by atomic mass is 9.61. The van der Waals surface area contributed by atoms with Crippen molar-refractivity contribution in [1.29, 1.82) is 0 Å². The topological polar surface area (TPSA) is 69.4 Å². The summed E-state index contributed by atoms with van der Waals surface area (Å²) < 4.78 is 5.54. The van der Waals surface area contributed by atoms with Gasteiger partial charge in [0.1, 0.15) is 0 Å². The van der Waals surface area contributed by atoms with Crippen LogP contribution >= 0.6 is 24.8 Å². The summed E-state index contributed by atoms with van der Waals surface area (Å²) in [6, 6.07) is 8.98. The van der Waals surface area contributed by atoms with Crippen LogP contribution in [0.3, 0.4) is 0 Å². The maximum absolute atomic E-state index is 13.4. The number of H-pyrrole nitrogens is 1. The number of amides is 1. The van der Waals surface area contributed by atoms with Crippen molar-refractivity contribution in [2.75, 3.05) is 45.9 Å². The molecule has 1 saturated carbocycles. The third-order valence-corrected chi connectivity index (χ3v) is 7.74. The fourth-order valence-electron chi connectivity index (χ4n) is 5.99. The molecular formula is C24H36Cl2N4O2. The number of morpholine rings is 1. The lowest BCUT2D eigenvalue weighted by Crippen LogP contribution is -2.60. The molecule has 1 aliphatic carbocycles. The molecule has 0 bridgehead atoms. The van der Waals surface area contributed by atoms with Crippen LogP contribution in [0.4, 0.5) is 0 Å². The van der Waals surface area contributed by atoms with Gasteiger partial charge < -0.3 is 20.4 Å². The third kappa shape index (κ3) is 4.95. The lowest BCUT2D eigenvalue weighted by molar-refractivity contribution is -0.140. The minimum Gasteiger partial charge on any atom is -0.379 e. The number of aromatic nitrogens is 1. The van der Waals surface area contributed by atoms with E-state index in [9.17, 15) is 4.79 Å². The molecule has 0 spiro atoms. The zero-order valence-corrected chi connectivity index (χ0v) is 20.2. The van der Waals surface area contributed by atoms with E-state index in [4.69, 9.17) is 4.74 Å². The van der Waals surface area contributed by atoms with Crippen LogP contribution in [0.15, 0.2) is 30.5 Å². The number of aromatic amines is 1. The van der Waals surface area contributed by atoms with Gasteiger partial charge in [-0.1, -0.05) is 18.2 Å². The second kappa shape index (κ2) is 11.2. The Morgan fingerprint density at radius 3 is 2.84 bits per heavy atom. The number of carbonyl (C=O) groups is 1. The standard InChI is InChI=1S/C24H34N4O2.2ClH/c29-23(26-10-6-18-16-27-22-4-2-1-3-21(18)22)24-8-5-20(28-11-13-30-14-12-28)15-19(24)7-9-25-17-24;;/h1-4,16,19-20,25,27H,5-15,17H2,(H,26,29);2*1H/t19-,20+,24-;;/m1../s1. The summed E-state index contributed by atoms with van der Waals surface area (Å²) in [5, 5.41) is 8.10. The van der Waals surface area contributed by atoms with Gasteiger partial charge in [-0.15, -0.1) is 24.8 Å². The maximum Gasteiger partial charge on any atom is 0.227 e. The Morgan fingerprint density at radius 2 is 2.00 bits per heavy atom. The number of hydrogen-bond acceptors (Lipinski definition) is 4. The number of carbonyl (C=O) groups excluding carboxylic acids is 1. The van der Waals surface area contributed by atoms with Gasteiger partial charge in [0.05, 0.1) is 18.6 Å². The van der Waals surface area contributed by atoms with E-state index in [1.165, 1.54) is 10.9 Å². The highest BCUT2D eigenvalue weighted by molar-refractivity contribution is 5.86. The van der Waals surface area contributed by atoms with Gasteiger partial charge in [0, 0.05) is 49.3 Å². The van der Waals surface area contributed by atoms with Crippen LogP contribution < -0.4 is 10.6 Å². The zero-order chi connectivity index (χ0) is 20.4. The summed E-state index contributed by atoms with van der Waals surface area (Å²) >= 11 is 0. The first kappa shape index (κ1) is 25.3. The average molecular weight is 483 g/mol. The van der Waals surface area contributed by atoms with Crippen molar-refractivity contribution < 1.29 is 9.53 Å². The van der Waals surface area contributed by atoms with Gasteiger partial charge in [0.2, 0.25) is 5.91 Å². The Kier molecular flexibility index (Phi) is 8.87. The molecule has 8 heteroatoms. The van der Waals surface area contributed by atoms with Crippen LogP contribution in [0.1, 0.15) is 31.2 Å². The monoisotopic (exact) mass is 482 g/mol. The first-order valence-corrected chi connectivity index (χ1v) is 11.6. The Bertz CT molecular complexity index is 886. The average Bonchev–Trinajstić information content (AvgIpc) is 3.22. The number of halogens is 2. The molecule has 32 heavy (non-hydrogen) atoms. The first-order valence-electron chi connectivity index (χ1n) is 11.6. The van der Waals surface area contributed by atoms with Crippen LogP contribution in [-0.4, -0.2) is 67.8 Å². The fraction of sp³-hybridized carbons (Fsp3) is 0.625. The summed E-state index contributed by atoms with van der Waals surface area (Å²) in [5.41, 5.74) is 2.20. The van der Waals surface area contributed by atoms with E-state index < -0.39 is 0 Å². The molecule has 2 saturated heterocycles. The highest BCUT2D eigenvalue weighted by atomic mass is 35.5. The summed E-state index contributed by atoms with van der Waals surface area (Å²) in [4.78, 5) is 19.4. The second-order valence-corrected chi connectivity index (χ2v) is 9.26. The van der Waals surface area contributed by atoms with Crippen LogP contribution in [0.5, 0.6) is 0 Å². The fourth-order valence-corrected chi connectivity index (χ4v) is 5.99. The lowest BCUT2D eigenvalue weighted by Gasteiger charge is -2.50. The number of para-hydroxylation sites is 1. The minimum atomic E-state index is -0.235. The number of ether oxygens (including phenoxy) is 1. The van der Waals surface area contributed by atoms with Crippen molar-refractivity contribution in [3.63, 3.8) is 0 Å². The minimum absolute atomic E-state index is 0. The number of nitrogens with zero attached hydrogens (tertiary/aromatic N) is 1. The molecule has 5 rings (SSSR count). The van der Waals surface area contributed by atoms with E-state index >= 15 is 0 Å². The maximum atomic E-state index is 13.4. The quantitative estimate of drug-likeness (QED) is 0.611. The predicted octanol–water partition coefficient (Wildman–Crippen LogP) is 3.15. The predicted molar refractivity (Wildman–Crippen MR) is 133 cm³/mol. The van der Waals surface area contributed by atoms with Crippen molar-refractivity contribution in [2.24, 2.45) is 11.3 Å². The molecule has 1 amide bonds. The Hall–Kier alpha value is -1.31. The Labute approximate surface area is 203 Å². The van der Waals surface area contributed by atoms with Gasteiger partial charge >= 0.3 is 0 Å². The summed E-state index contributed by atoms with van der Waals surface area (Å²) in [5.74, 6) is 0.744. The highest BCUT2D eigenvalue weighted by Gasteiger charge is 2.50. The largest absolute Gasteiger partial charge is 0.379 e. The van der Waals surface area contributed by atoms with E-state index in [0.29, 0.717) is 18.5 Å². The summed E-state index contributed by atoms with van der Waals surface area (Å²) in [6.45, 7) is 6.34. The number of hydrogen-bond donors (Lipinski definition) is 3. The van der Waals surface area contributed by atoms with E-state index in [1.807, 2.05) is 6.07 Å². The zero-order valence-electron chi connectivity index (χ0n) is 18.6. The van der Waals surface area contributed by atoms with Crippen LogP contribution in [-0.2, 0) is 16.0 Å². The molecule has 3 N–H and O–H groups in total. The van der Waals surface area contributed by atoms with E-state index in [1.54, 1.807) is 0 Å². The molecule has 3 heterocycles. The van der Waals surface area contributed by atoms with E-state index in [0.717, 1.165) is 77.0 Å². The number of nitrogens with one attached hydrogen (secondary N) is 3. The Balaban J connectivity index is 0.00000144. The molecule has 3 atom stereocenters. The van der Waals surface area contributed by atoms with Gasteiger partial charge in [-0.05, 0) is 56.2 Å². The molecule has 2 aromatic rings. The van der Waals surface area contributed by atoms with E-state index in [-0.39, 0.29) is 36.1 Å². The van der Waals surface area contributed by atoms with Gasteiger partial charge in [-0.2, -0.15) is 0 Å². The van der Waals surface area contributed by atoms with Gasteiger partial charge in [0.15, 0.2) is 0 Å². The summed E-state index contributed by atoms with van der Waals surface area (Å²) in [7, 11) is 0. The summed E-state index contributed by atoms with van der Waals surface area (Å²) in [6.07, 6.45) is 7.31. The highest BCUT2D eigenvalue weighted by Crippen LogP contribution is 2.46. The molecule has 3 fully saturated rings. The number of rotatable bonds is 5. The molecule has 2 aliphatic heterocycles. The smallest absolute Gasteiger partial charge is 0.227 e. The van der Waals surface area contributed by atoms with Crippen molar-refractivity contribution in [3.8, 4) is 0 Å². The normalized spacial score (nSPS) is 28.2. The van der Waals surface area contributed by atoms with Crippen molar-refractivity contribution in [3.05, 3.63) is 36.0 Å². The molecule has 1 aromatic carbocycles. The molecule has 178 valence electrons. The SMILES string of the molecule is Cl.Cl.O=C(NCCc1c[nH]c2ccccc12)[C@@]12CC[C@H](N3CCOCC3)C[C@H]1CCNC2. The number of fused-ring (bicyclic) bond motifs is 2. The molecule has 0 unspecified atom stereocenters. The van der Waals surface area contributed by atoms with Gasteiger partial charge in [0.25, 0.3) is 0 Å². The molecular weight excluding hydrogens is 447 g/mol. The second-order valence-electron chi connectivity index (χ2n) is 9.26. The van der Waals surface area contributed by atoms with Crippen LogP contribution in [0, 0.1) is 11.3 Å². The number of piperidine rings is 1. The van der Waals surface area contributed by atoms with Gasteiger partial charge in [-0.3, -0.25) is 9.69 Å². The van der Waals surface area contributed by atoms with Crippen LogP contribution in [0.2, 0.25) is 0 Å². The van der Waals surface area contributed by atoms with Gasteiger partial charge in [-0.25, -0.2) is 0 Å². The van der Waals surface area contributed by atoms with Crippen LogP contribution in [0.25, 0.3) is 10.9 Å². The van der Waals surface area contributed by atoms with Crippen molar-refractivity contribution in [1.82, 2.24) is 20.5 Å². The third-order valence-electron chi connectivity index (χ3n) is 7.74. The number of benzene rings is 1. The van der Waals surface area contributed by atoms with Crippen molar-refractivity contribution in [2.45, 2.75) is 38.1 Å². The molecule has 3 aliphatic rings. The molecule has 1 aromatic heterocycles. The molecule has 0 radical (unpaired) electrons. The Morgan fingerprint density at radius 1 is 1.19 bits per heavy atom. The van der Waals surface area contributed by atoms with E-state index in [2.05, 4.69) is 44.9 Å². The first-order chi connectivity index (χ1) is 14.8. The van der Waals surface area contributed by atoms with Crippen molar-refractivity contribution >= 4 is 41.6 Å².